The minimum Gasteiger partial charge on any atom is -0.348 e. The normalized spacial score (nSPS) is 14.3. The Labute approximate surface area is 160 Å². The average Bonchev–Trinajstić information content (AvgIpc) is 3.14. The van der Waals surface area contributed by atoms with Gasteiger partial charge in [0.05, 0.1) is 22.5 Å². The number of hydrogen-bond donors (Lipinski definition) is 2. The van der Waals surface area contributed by atoms with E-state index < -0.39 is 4.92 Å². The van der Waals surface area contributed by atoms with Crippen molar-refractivity contribution in [2.24, 2.45) is 0 Å². The molecule has 1 saturated heterocycles. The zero-order valence-electron chi connectivity index (χ0n) is 14.3. The van der Waals surface area contributed by atoms with Crippen molar-refractivity contribution >= 4 is 27.5 Å². The van der Waals surface area contributed by atoms with Gasteiger partial charge in [0.2, 0.25) is 0 Å². The average molecular weight is 419 g/mol. The van der Waals surface area contributed by atoms with Crippen LogP contribution < -0.4 is 10.2 Å². The lowest BCUT2D eigenvalue weighted by atomic mass is 10.1. The first-order chi connectivity index (χ1) is 12.5. The minimum absolute atomic E-state index is 0.119. The molecule has 6 nitrogen and oxygen atoms in total. The number of hydrogen-bond acceptors (Lipinski definition) is 3. The van der Waals surface area contributed by atoms with Crippen molar-refractivity contribution in [3.63, 3.8) is 0 Å². The molecule has 1 amide bonds. The first-order valence-corrected chi connectivity index (χ1v) is 9.46. The standard InChI is InChI=1S/C19H20BrN3O3/c20-17-8-7-16(11-18(17)23(25)26)19(24)21-12-14-3-5-15(6-4-14)13-22-9-1-2-10-22/h3-8,11H,1-2,9-10,12-13H2,(H,21,24)/p+1. The van der Waals surface area contributed by atoms with Gasteiger partial charge >= 0.3 is 0 Å². The number of carbonyl (C=O) groups is 1. The van der Waals surface area contributed by atoms with Crippen LogP contribution >= 0.6 is 15.9 Å². The number of nitrogens with zero attached hydrogens (tertiary/aromatic N) is 1. The largest absolute Gasteiger partial charge is 0.348 e. The first kappa shape index (κ1) is 18.5. The number of amides is 1. The summed E-state index contributed by atoms with van der Waals surface area (Å²) in [5.41, 5.74) is 2.46. The molecular formula is C19H21BrN3O3+. The fraction of sp³-hybridized carbons (Fsp3) is 0.316. The molecule has 3 rings (SSSR count). The van der Waals surface area contributed by atoms with Crippen LogP contribution in [0, 0.1) is 10.1 Å². The van der Waals surface area contributed by atoms with Gasteiger partial charge in [-0.25, -0.2) is 0 Å². The Bertz CT molecular complexity index is 802. The second-order valence-corrected chi connectivity index (χ2v) is 7.41. The summed E-state index contributed by atoms with van der Waals surface area (Å²) in [5.74, 6) is -0.328. The molecule has 0 unspecified atom stereocenters. The maximum atomic E-state index is 12.2. The van der Waals surface area contributed by atoms with Crippen LogP contribution in [0.3, 0.4) is 0 Å². The van der Waals surface area contributed by atoms with Crippen molar-refractivity contribution in [1.29, 1.82) is 0 Å². The summed E-state index contributed by atoms with van der Waals surface area (Å²) in [5, 5.41) is 13.8. The van der Waals surface area contributed by atoms with Gasteiger partial charge in [0, 0.05) is 36.6 Å². The van der Waals surface area contributed by atoms with Crippen molar-refractivity contribution in [3.8, 4) is 0 Å². The van der Waals surface area contributed by atoms with Crippen LogP contribution in [-0.4, -0.2) is 23.9 Å². The summed E-state index contributed by atoms with van der Waals surface area (Å²) < 4.78 is 0.356. The molecule has 1 fully saturated rings. The van der Waals surface area contributed by atoms with E-state index in [4.69, 9.17) is 0 Å². The SMILES string of the molecule is O=C(NCc1ccc(C[NH+]2CCCC2)cc1)c1ccc(Br)c([N+](=O)[O-])c1. The number of halogens is 1. The van der Waals surface area contributed by atoms with E-state index in [0.29, 0.717) is 11.0 Å². The van der Waals surface area contributed by atoms with Gasteiger partial charge in [0.1, 0.15) is 6.54 Å². The van der Waals surface area contributed by atoms with E-state index in [2.05, 4.69) is 33.4 Å². The van der Waals surface area contributed by atoms with Crippen LogP contribution in [0.5, 0.6) is 0 Å². The number of nitro benzene ring substituents is 1. The molecule has 7 heteroatoms. The molecule has 26 heavy (non-hydrogen) atoms. The lowest BCUT2D eigenvalue weighted by Crippen LogP contribution is -3.08. The van der Waals surface area contributed by atoms with Crippen LogP contribution in [0.4, 0.5) is 5.69 Å². The molecule has 0 radical (unpaired) electrons. The maximum absolute atomic E-state index is 12.2. The lowest BCUT2D eigenvalue weighted by molar-refractivity contribution is -0.901. The van der Waals surface area contributed by atoms with Crippen LogP contribution in [-0.2, 0) is 13.1 Å². The summed E-state index contributed by atoms with van der Waals surface area (Å²) in [6.45, 7) is 3.93. The van der Waals surface area contributed by atoms with Gasteiger partial charge in [0.15, 0.2) is 0 Å². The second-order valence-electron chi connectivity index (χ2n) is 6.56. The molecule has 2 aromatic rings. The number of carbonyl (C=O) groups excluding carboxylic acids is 1. The quantitative estimate of drug-likeness (QED) is 0.558. The Hall–Kier alpha value is -2.25. The van der Waals surface area contributed by atoms with Crippen LogP contribution in [0.15, 0.2) is 46.9 Å². The van der Waals surface area contributed by atoms with Crippen molar-refractivity contribution in [3.05, 3.63) is 73.7 Å². The number of likely N-dealkylation sites (tertiary alicyclic amines) is 1. The highest BCUT2D eigenvalue weighted by Crippen LogP contribution is 2.25. The molecule has 0 saturated carbocycles. The molecule has 136 valence electrons. The number of nitro groups is 1. The maximum Gasteiger partial charge on any atom is 0.284 e. The Balaban J connectivity index is 1.57. The van der Waals surface area contributed by atoms with E-state index in [0.717, 1.165) is 12.1 Å². The molecule has 1 aliphatic rings. The summed E-state index contributed by atoms with van der Waals surface area (Å²) in [6, 6.07) is 12.6. The molecule has 0 aliphatic carbocycles. The predicted molar refractivity (Wildman–Crippen MR) is 102 cm³/mol. The summed E-state index contributed by atoms with van der Waals surface area (Å²) >= 11 is 3.12. The van der Waals surface area contributed by atoms with Gasteiger partial charge in [-0.15, -0.1) is 0 Å². The highest BCUT2D eigenvalue weighted by molar-refractivity contribution is 9.10. The molecule has 0 aromatic heterocycles. The highest BCUT2D eigenvalue weighted by atomic mass is 79.9. The lowest BCUT2D eigenvalue weighted by Gasteiger charge is -2.12. The number of benzene rings is 2. The summed E-state index contributed by atoms with van der Waals surface area (Å²) in [4.78, 5) is 24.3. The molecular weight excluding hydrogens is 398 g/mol. The molecule has 0 bridgehead atoms. The van der Waals surface area contributed by atoms with Gasteiger partial charge < -0.3 is 10.2 Å². The number of quaternary nitrogens is 1. The Morgan fingerprint density at radius 1 is 1.12 bits per heavy atom. The van der Waals surface area contributed by atoms with E-state index in [1.165, 1.54) is 43.6 Å². The smallest absolute Gasteiger partial charge is 0.284 e. The van der Waals surface area contributed by atoms with Gasteiger partial charge in [0.25, 0.3) is 11.6 Å². The first-order valence-electron chi connectivity index (χ1n) is 8.66. The predicted octanol–water partition coefficient (Wildman–Crippen LogP) is 2.47. The summed E-state index contributed by atoms with van der Waals surface area (Å²) in [7, 11) is 0. The van der Waals surface area contributed by atoms with Crippen LogP contribution in [0.25, 0.3) is 0 Å². The van der Waals surface area contributed by atoms with E-state index >= 15 is 0 Å². The zero-order chi connectivity index (χ0) is 18.5. The van der Waals surface area contributed by atoms with Crippen molar-refractivity contribution in [1.82, 2.24) is 5.32 Å². The van der Waals surface area contributed by atoms with Crippen molar-refractivity contribution in [2.45, 2.75) is 25.9 Å². The van der Waals surface area contributed by atoms with E-state index in [1.807, 2.05) is 12.1 Å². The molecule has 2 N–H and O–H groups in total. The number of nitrogens with one attached hydrogen (secondary N) is 2. The zero-order valence-corrected chi connectivity index (χ0v) is 15.9. The van der Waals surface area contributed by atoms with Crippen LogP contribution in [0.1, 0.15) is 34.3 Å². The van der Waals surface area contributed by atoms with Gasteiger partial charge in [-0.05, 0) is 33.6 Å². The van der Waals surface area contributed by atoms with Gasteiger partial charge in [-0.3, -0.25) is 14.9 Å². The third kappa shape index (κ3) is 4.68. The van der Waals surface area contributed by atoms with Gasteiger partial charge in [-0.1, -0.05) is 24.3 Å². The minimum atomic E-state index is -0.512. The molecule has 0 atom stereocenters. The Morgan fingerprint density at radius 2 is 1.77 bits per heavy atom. The van der Waals surface area contributed by atoms with E-state index in [-0.39, 0.29) is 17.2 Å². The number of rotatable bonds is 6. The Kier molecular flexibility index (Phi) is 6.00. The second kappa shape index (κ2) is 8.42. The monoisotopic (exact) mass is 418 g/mol. The molecule has 1 aliphatic heterocycles. The molecule has 2 aromatic carbocycles. The third-order valence-corrected chi connectivity index (χ3v) is 5.32. The van der Waals surface area contributed by atoms with Crippen LogP contribution in [0.2, 0.25) is 0 Å². The fourth-order valence-corrected chi connectivity index (χ4v) is 3.59. The van der Waals surface area contributed by atoms with Gasteiger partial charge in [-0.2, -0.15) is 0 Å². The van der Waals surface area contributed by atoms with Crippen molar-refractivity contribution < 1.29 is 14.6 Å². The topological polar surface area (TPSA) is 76.7 Å². The fourth-order valence-electron chi connectivity index (χ4n) is 3.19. The van der Waals surface area contributed by atoms with E-state index in [1.54, 1.807) is 11.0 Å². The van der Waals surface area contributed by atoms with E-state index in [9.17, 15) is 14.9 Å². The highest BCUT2D eigenvalue weighted by Gasteiger charge is 2.17. The molecule has 1 heterocycles. The third-order valence-electron chi connectivity index (χ3n) is 4.65. The summed E-state index contributed by atoms with van der Waals surface area (Å²) in [6.07, 6.45) is 2.63. The van der Waals surface area contributed by atoms with Crippen molar-refractivity contribution in [2.75, 3.05) is 13.1 Å². The molecule has 0 spiro atoms. The Morgan fingerprint density at radius 3 is 2.42 bits per heavy atom.